The van der Waals surface area contributed by atoms with E-state index in [1.165, 1.54) is 36.2 Å². The van der Waals surface area contributed by atoms with Gasteiger partial charge in [-0.05, 0) is 49.8 Å². The van der Waals surface area contributed by atoms with E-state index < -0.39 is 0 Å². The highest BCUT2D eigenvalue weighted by Gasteiger charge is 2.34. The second-order valence-electron chi connectivity index (χ2n) is 5.56. The van der Waals surface area contributed by atoms with E-state index in [-0.39, 0.29) is 0 Å². The van der Waals surface area contributed by atoms with Gasteiger partial charge in [-0.2, -0.15) is 0 Å². The van der Waals surface area contributed by atoms with Crippen LogP contribution in [0.3, 0.4) is 0 Å². The third-order valence-corrected chi connectivity index (χ3v) is 4.31. The summed E-state index contributed by atoms with van der Waals surface area (Å²) in [6, 6.07) is 7.40. The molecule has 0 aromatic heterocycles. The Kier molecular flexibility index (Phi) is 2.83. The molecule has 2 aliphatic rings. The lowest BCUT2D eigenvalue weighted by Gasteiger charge is -2.36. The molecule has 0 amide bonds. The first kappa shape index (κ1) is 11.1. The molecule has 1 N–H and O–H groups in total. The second-order valence-corrected chi connectivity index (χ2v) is 5.56. The highest BCUT2D eigenvalue weighted by molar-refractivity contribution is 5.56. The van der Waals surface area contributed by atoms with Crippen LogP contribution < -0.4 is 10.2 Å². The van der Waals surface area contributed by atoms with Crippen molar-refractivity contribution in [1.82, 2.24) is 5.32 Å². The Hall–Kier alpha value is -1.02. The molecule has 1 saturated heterocycles. The van der Waals surface area contributed by atoms with Gasteiger partial charge in [0.15, 0.2) is 0 Å². The number of aryl methyl sites for hydroxylation is 1. The average Bonchev–Trinajstić information content (AvgIpc) is 3.17. The lowest BCUT2D eigenvalue weighted by molar-refractivity contribution is 0.418. The van der Waals surface area contributed by atoms with Crippen molar-refractivity contribution in [2.45, 2.75) is 32.7 Å². The highest BCUT2D eigenvalue weighted by atomic mass is 15.2. The summed E-state index contributed by atoms with van der Waals surface area (Å²) in [5, 5.41) is 3.67. The first-order chi connectivity index (χ1) is 8.25. The fourth-order valence-electron chi connectivity index (χ4n) is 2.89. The Bertz CT molecular complexity index is 409. The van der Waals surface area contributed by atoms with Crippen molar-refractivity contribution < 1.29 is 0 Å². The third kappa shape index (κ3) is 2.19. The number of nitrogens with one attached hydrogen (secondary N) is 1. The summed E-state index contributed by atoms with van der Waals surface area (Å²) in [7, 11) is 0. The minimum Gasteiger partial charge on any atom is -0.368 e. The molecule has 2 fully saturated rings. The molecule has 2 nitrogen and oxygen atoms in total. The molecular formula is C15H22N2. The average molecular weight is 230 g/mol. The van der Waals surface area contributed by atoms with Crippen molar-refractivity contribution in [2.24, 2.45) is 5.92 Å². The lowest BCUT2D eigenvalue weighted by atomic mass is 10.0. The molecule has 1 aliphatic carbocycles. The summed E-state index contributed by atoms with van der Waals surface area (Å²) in [4.78, 5) is 2.57. The van der Waals surface area contributed by atoms with Crippen LogP contribution in [0.25, 0.3) is 0 Å². The Morgan fingerprint density at radius 1 is 1.24 bits per heavy atom. The molecule has 3 rings (SSSR count). The van der Waals surface area contributed by atoms with Gasteiger partial charge in [0.25, 0.3) is 0 Å². The minimum atomic E-state index is 0.726. The maximum Gasteiger partial charge on any atom is 0.0399 e. The lowest BCUT2D eigenvalue weighted by Crippen LogP contribution is -2.52. The molecule has 1 aromatic carbocycles. The Morgan fingerprint density at radius 3 is 2.82 bits per heavy atom. The van der Waals surface area contributed by atoms with Gasteiger partial charge in [-0.15, -0.1) is 0 Å². The van der Waals surface area contributed by atoms with Gasteiger partial charge >= 0.3 is 0 Å². The molecule has 1 saturated carbocycles. The number of hydrogen-bond acceptors (Lipinski definition) is 2. The summed E-state index contributed by atoms with van der Waals surface area (Å²) < 4.78 is 0. The number of rotatable bonds is 2. The van der Waals surface area contributed by atoms with Crippen molar-refractivity contribution in [1.29, 1.82) is 0 Å². The van der Waals surface area contributed by atoms with E-state index >= 15 is 0 Å². The van der Waals surface area contributed by atoms with Gasteiger partial charge in [0, 0.05) is 31.4 Å². The minimum absolute atomic E-state index is 0.726. The molecule has 1 heterocycles. The maximum atomic E-state index is 3.67. The van der Waals surface area contributed by atoms with Crippen LogP contribution in [0.2, 0.25) is 0 Å². The first-order valence-corrected chi connectivity index (χ1v) is 6.80. The normalized spacial score (nSPS) is 25.1. The van der Waals surface area contributed by atoms with Gasteiger partial charge in [0.05, 0.1) is 0 Å². The second kappa shape index (κ2) is 4.34. The van der Waals surface area contributed by atoms with Gasteiger partial charge in [0.2, 0.25) is 0 Å². The van der Waals surface area contributed by atoms with Crippen LogP contribution in [0.1, 0.15) is 24.0 Å². The van der Waals surface area contributed by atoms with E-state index in [0.717, 1.165) is 25.0 Å². The molecule has 1 aromatic rings. The Balaban J connectivity index is 1.80. The molecule has 1 aliphatic heterocycles. The number of piperazine rings is 1. The van der Waals surface area contributed by atoms with Gasteiger partial charge < -0.3 is 10.2 Å². The third-order valence-electron chi connectivity index (χ3n) is 4.31. The number of hydrogen-bond donors (Lipinski definition) is 1. The predicted octanol–water partition coefficient (Wildman–Crippen LogP) is 2.49. The van der Waals surface area contributed by atoms with Crippen LogP contribution in [-0.4, -0.2) is 25.7 Å². The molecule has 1 unspecified atom stereocenters. The van der Waals surface area contributed by atoms with Gasteiger partial charge in [-0.1, -0.05) is 12.1 Å². The molecule has 0 radical (unpaired) electrons. The maximum absolute atomic E-state index is 3.67. The smallest absolute Gasteiger partial charge is 0.0399 e. The first-order valence-electron chi connectivity index (χ1n) is 6.80. The zero-order valence-electron chi connectivity index (χ0n) is 10.9. The largest absolute Gasteiger partial charge is 0.368 e. The van der Waals surface area contributed by atoms with Gasteiger partial charge in [0.1, 0.15) is 0 Å². The Labute approximate surface area is 104 Å². The number of anilines is 1. The van der Waals surface area contributed by atoms with E-state index in [9.17, 15) is 0 Å². The van der Waals surface area contributed by atoms with Gasteiger partial charge in [-0.3, -0.25) is 0 Å². The van der Waals surface area contributed by atoms with E-state index in [4.69, 9.17) is 0 Å². The quantitative estimate of drug-likeness (QED) is 0.839. The van der Waals surface area contributed by atoms with E-state index in [2.05, 4.69) is 42.3 Å². The molecular weight excluding hydrogens is 208 g/mol. The van der Waals surface area contributed by atoms with Crippen molar-refractivity contribution in [3.05, 3.63) is 29.3 Å². The number of nitrogens with zero attached hydrogens (tertiary/aromatic N) is 1. The van der Waals surface area contributed by atoms with E-state index in [1.807, 2.05) is 0 Å². The Morgan fingerprint density at radius 2 is 2.06 bits per heavy atom. The number of benzene rings is 1. The summed E-state index contributed by atoms with van der Waals surface area (Å²) in [6.45, 7) is 7.93. The van der Waals surface area contributed by atoms with Gasteiger partial charge in [-0.25, -0.2) is 0 Å². The summed E-state index contributed by atoms with van der Waals surface area (Å²) in [5.41, 5.74) is 4.30. The standard InChI is InChI=1S/C15H22N2/c1-11-4-3-5-15(12(11)2)17-9-8-16-14(10-17)13-6-7-13/h3-5,13-14,16H,6-10H2,1-2H3. The monoisotopic (exact) mass is 230 g/mol. The molecule has 17 heavy (non-hydrogen) atoms. The summed E-state index contributed by atoms with van der Waals surface area (Å²) in [5.74, 6) is 0.947. The van der Waals surface area contributed by atoms with Crippen LogP contribution in [0.15, 0.2) is 18.2 Å². The summed E-state index contributed by atoms with van der Waals surface area (Å²) >= 11 is 0. The van der Waals surface area contributed by atoms with Crippen LogP contribution in [0.4, 0.5) is 5.69 Å². The highest BCUT2D eigenvalue weighted by Crippen LogP contribution is 2.35. The van der Waals surface area contributed by atoms with Crippen LogP contribution in [-0.2, 0) is 0 Å². The van der Waals surface area contributed by atoms with Crippen LogP contribution >= 0.6 is 0 Å². The van der Waals surface area contributed by atoms with Crippen LogP contribution in [0, 0.1) is 19.8 Å². The van der Waals surface area contributed by atoms with E-state index in [1.54, 1.807) is 0 Å². The van der Waals surface area contributed by atoms with Crippen molar-refractivity contribution in [2.75, 3.05) is 24.5 Å². The zero-order chi connectivity index (χ0) is 11.8. The van der Waals surface area contributed by atoms with Crippen molar-refractivity contribution >= 4 is 5.69 Å². The molecule has 2 heteroatoms. The SMILES string of the molecule is Cc1cccc(N2CCNC(C3CC3)C2)c1C. The van der Waals surface area contributed by atoms with Crippen LogP contribution in [0.5, 0.6) is 0 Å². The predicted molar refractivity (Wildman–Crippen MR) is 72.6 cm³/mol. The van der Waals surface area contributed by atoms with Crippen molar-refractivity contribution in [3.63, 3.8) is 0 Å². The molecule has 92 valence electrons. The fourth-order valence-corrected chi connectivity index (χ4v) is 2.89. The zero-order valence-corrected chi connectivity index (χ0v) is 10.9. The molecule has 1 atom stereocenters. The summed E-state index contributed by atoms with van der Waals surface area (Å²) in [6.07, 6.45) is 2.86. The topological polar surface area (TPSA) is 15.3 Å². The molecule has 0 bridgehead atoms. The fraction of sp³-hybridized carbons (Fsp3) is 0.600. The van der Waals surface area contributed by atoms with Crippen molar-refractivity contribution in [3.8, 4) is 0 Å². The van der Waals surface area contributed by atoms with E-state index in [0.29, 0.717) is 0 Å². The molecule has 0 spiro atoms.